The number of nitrogens with zero attached hydrogens (tertiary/aromatic N) is 2. The first-order valence-corrected chi connectivity index (χ1v) is 9.07. The SMILES string of the molecule is Cn1c(=O)n(C)c2cc(C(Cl)CS(C)(=O)=O)c(Br)cc21. The van der Waals surface area contributed by atoms with Crippen molar-refractivity contribution in [3.05, 3.63) is 32.7 Å². The molecule has 0 bridgehead atoms. The quantitative estimate of drug-likeness (QED) is 0.764. The van der Waals surface area contributed by atoms with Gasteiger partial charge in [0.25, 0.3) is 0 Å². The molecule has 1 aromatic carbocycles. The lowest BCUT2D eigenvalue weighted by molar-refractivity contribution is 0.600. The van der Waals surface area contributed by atoms with Crippen LogP contribution in [0.25, 0.3) is 11.0 Å². The Morgan fingerprint density at radius 1 is 1.25 bits per heavy atom. The number of aromatic nitrogens is 2. The van der Waals surface area contributed by atoms with Gasteiger partial charge in [-0.3, -0.25) is 9.13 Å². The Morgan fingerprint density at radius 2 is 1.75 bits per heavy atom. The van der Waals surface area contributed by atoms with Gasteiger partial charge in [0.1, 0.15) is 9.84 Å². The minimum atomic E-state index is -3.18. The molecule has 1 unspecified atom stereocenters. The van der Waals surface area contributed by atoms with Gasteiger partial charge >= 0.3 is 5.69 Å². The zero-order valence-corrected chi connectivity index (χ0v) is 14.4. The summed E-state index contributed by atoms with van der Waals surface area (Å²) in [7, 11) is 0.174. The highest BCUT2D eigenvalue weighted by Gasteiger charge is 2.20. The number of rotatable bonds is 3. The molecule has 1 heterocycles. The van der Waals surface area contributed by atoms with Gasteiger partial charge in [-0.05, 0) is 17.7 Å². The second kappa shape index (κ2) is 5.20. The first kappa shape index (κ1) is 15.6. The summed E-state index contributed by atoms with van der Waals surface area (Å²) in [6.07, 6.45) is 1.15. The Kier molecular flexibility index (Phi) is 4.05. The van der Waals surface area contributed by atoms with E-state index in [0.717, 1.165) is 17.3 Å². The summed E-state index contributed by atoms with van der Waals surface area (Å²) in [4.78, 5) is 11.9. The molecule has 0 aliphatic rings. The van der Waals surface area contributed by atoms with Crippen molar-refractivity contribution in [1.29, 1.82) is 0 Å². The van der Waals surface area contributed by atoms with Gasteiger partial charge in [-0.2, -0.15) is 0 Å². The van der Waals surface area contributed by atoms with Crippen LogP contribution in [0, 0.1) is 0 Å². The molecule has 0 fully saturated rings. The number of sulfone groups is 1. The maximum atomic E-state index is 11.9. The highest BCUT2D eigenvalue weighted by atomic mass is 79.9. The monoisotopic (exact) mass is 380 g/mol. The molecule has 0 radical (unpaired) electrons. The van der Waals surface area contributed by atoms with Crippen molar-refractivity contribution in [3.63, 3.8) is 0 Å². The van der Waals surface area contributed by atoms with Gasteiger partial charge in [0.2, 0.25) is 0 Å². The minimum Gasteiger partial charge on any atom is -0.295 e. The predicted octanol–water partition coefficient (Wildman–Crippen LogP) is 1.96. The number of hydrogen-bond acceptors (Lipinski definition) is 3. The topological polar surface area (TPSA) is 61.1 Å². The summed E-state index contributed by atoms with van der Waals surface area (Å²) in [6.45, 7) is 0. The highest BCUT2D eigenvalue weighted by molar-refractivity contribution is 9.10. The fraction of sp³-hybridized carbons (Fsp3) is 0.417. The van der Waals surface area contributed by atoms with Gasteiger partial charge in [-0.1, -0.05) is 15.9 Å². The summed E-state index contributed by atoms with van der Waals surface area (Å²) >= 11 is 9.58. The first-order chi connectivity index (χ1) is 9.11. The maximum absolute atomic E-state index is 11.9. The molecular formula is C12H14BrClN2O3S. The normalized spacial score (nSPS) is 13.8. The van der Waals surface area contributed by atoms with Crippen LogP contribution < -0.4 is 5.69 Å². The molecule has 5 nitrogen and oxygen atoms in total. The Balaban J connectivity index is 2.64. The van der Waals surface area contributed by atoms with Gasteiger partial charge < -0.3 is 0 Å². The summed E-state index contributed by atoms with van der Waals surface area (Å²) in [5, 5.41) is -0.668. The second-order valence-electron chi connectivity index (χ2n) is 4.82. The molecule has 20 heavy (non-hydrogen) atoms. The molecule has 2 rings (SSSR count). The lowest BCUT2D eigenvalue weighted by Gasteiger charge is -2.11. The number of halogens is 2. The van der Waals surface area contributed by atoms with Gasteiger partial charge in [0.05, 0.1) is 22.2 Å². The van der Waals surface area contributed by atoms with Crippen molar-refractivity contribution in [1.82, 2.24) is 9.13 Å². The molecule has 1 aromatic heterocycles. The van der Waals surface area contributed by atoms with Crippen molar-refractivity contribution in [2.24, 2.45) is 14.1 Å². The first-order valence-electron chi connectivity index (χ1n) is 5.78. The zero-order valence-electron chi connectivity index (χ0n) is 11.2. The molecule has 0 spiro atoms. The molecule has 8 heteroatoms. The van der Waals surface area contributed by atoms with Gasteiger partial charge in [-0.15, -0.1) is 11.6 Å². The number of imidazole rings is 1. The summed E-state index contributed by atoms with van der Waals surface area (Å²) in [5.74, 6) is -0.153. The van der Waals surface area contributed by atoms with Crippen molar-refractivity contribution < 1.29 is 8.42 Å². The van der Waals surface area contributed by atoms with E-state index in [0.29, 0.717) is 10.0 Å². The van der Waals surface area contributed by atoms with Crippen molar-refractivity contribution in [3.8, 4) is 0 Å². The van der Waals surface area contributed by atoms with Crippen molar-refractivity contribution in [2.45, 2.75) is 5.38 Å². The molecular weight excluding hydrogens is 368 g/mol. The standard InChI is InChI=1S/C12H14BrClN2O3S/c1-15-10-4-7(9(14)6-20(3,18)19)8(13)5-11(10)16(2)12(15)17/h4-5,9H,6H2,1-3H3. The number of hydrogen-bond donors (Lipinski definition) is 0. The molecule has 2 aromatic rings. The summed E-state index contributed by atoms with van der Waals surface area (Å²) in [6, 6.07) is 3.54. The van der Waals surface area contributed by atoms with Gasteiger partial charge in [0, 0.05) is 24.8 Å². The zero-order chi connectivity index (χ0) is 15.2. The Labute approximate surface area is 130 Å². The third-order valence-corrected chi connectivity index (χ3v) is 5.37. The Morgan fingerprint density at radius 3 is 2.25 bits per heavy atom. The van der Waals surface area contributed by atoms with Crippen LogP contribution in [0.3, 0.4) is 0 Å². The third-order valence-electron chi connectivity index (χ3n) is 3.18. The smallest absolute Gasteiger partial charge is 0.295 e. The largest absolute Gasteiger partial charge is 0.328 e. The fourth-order valence-electron chi connectivity index (χ4n) is 2.13. The maximum Gasteiger partial charge on any atom is 0.328 e. The van der Waals surface area contributed by atoms with E-state index >= 15 is 0 Å². The van der Waals surface area contributed by atoms with E-state index in [2.05, 4.69) is 15.9 Å². The van der Waals surface area contributed by atoms with Crippen molar-refractivity contribution in [2.75, 3.05) is 12.0 Å². The van der Waals surface area contributed by atoms with Crippen LogP contribution in [0.15, 0.2) is 21.4 Å². The predicted molar refractivity (Wildman–Crippen MR) is 84.2 cm³/mol. The van der Waals surface area contributed by atoms with Crippen LogP contribution in [0.1, 0.15) is 10.9 Å². The molecule has 1 atom stereocenters. The third kappa shape index (κ3) is 2.80. The molecule has 0 saturated heterocycles. The number of aryl methyl sites for hydroxylation is 2. The molecule has 110 valence electrons. The molecule has 0 saturated carbocycles. The average molecular weight is 382 g/mol. The highest BCUT2D eigenvalue weighted by Crippen LogP contribution is 2.32. The van der Waals surface area contributed by atoms with Crippen LogP contribution in [-0.2, 0) is 23.9 Å². The number of fused-ring (bicyclic) bond motifs is 1. The molecule has 0 amide bonds. The lowest BCUT2D eigenvalue weighted by atomic mass is 10.1. The summed E-state index contributed by atoms with van der Waals surface area (Å²) < 4.78 is 26.4. The van der Waals surface area contributed by atoms with E-state index in [-0.39, 0.29) is 11.4 Å². The fourth-order valence-corrected chi connectivity index (χ4v) is 4.45. The van der Waals surface area contributed by atoms with Crippen LogP contribution in [-0.4, -0.2) is 29.6 Å². The summed E-state index contributed by atoms with van der Waals surface area (Å²) in [5.41, 5.74) is 2.00. The molecule has 0 N–H and O–H groups in total. The van der Waals surface area contributed by atoms with Crippen molar-refractivity contribution >= 4 is 48.4 Å². The van der Waals surface area contributed by atoms with Crippen LogP contribution in [0.2, 0.25) is 0 Å². The second-order valence-corrected chi connectivity index (χ2v) is 8.39. The van der Waals surface area contributed by atoms with E-state index < -0.39 is 15.2 Å². The molecule has 0 aliphatic carbocycles. The van der Waals surface area contributed by atoms with Gasteiger partial charge in [0.15, 0.2) is 0 Å². The number of benzene rings is 1. The number of alkyl halides is 1. The van der Waals surface area contributed by atoms with E-state index in [1.54, 1.807) is 26.2 Å². The van der Waals surface area contributed by atoms with E-state index in [1.807, 2.05) is 0 Å². The van der Waals surface area contributed by atoms with E-state index in [9.17, 15) is 13.2 Å². The van der Waals surface area contributed by atoms with E-state index in [1.165, 1.54) is 9.13 Å². The Bertz CT molecular complexity index is 838. The van der Waals surface area contributed by atoms with Gasteiger partial charge in [-0.25, -0.2) is 13.2 Å². The lowest BCUT2D eigenvalue weighted by Crippen LogP contribution is -2.19. The minimum absolute atomic E-state index is 0.140. The van der Waals surface area contributed by atoms with Crippen LogP contribution >= 0.6 is 27.5 Å². The van der Waals surface area contributed by atoms with E-state index in [4.69, 9.17) is 11.6 Å². The molecule has 0 aliphatic heterocycles. The Hall–Kier alpha value is -0.790. The average Bonchev–Trinajstić information content (AvgIpc) is 2.51. The van der Waals surface area contributed by atoms with Crippen LogP contribution in [0.4, 0.5) is 0 Å². The van der Waals surface area contributed by atoms with Crippen LogP contribution in [0.5, 0.6) is 0 Å².